The number of benzene rings is 4. The summed E-state index contributed by atoms with van der Waals surface area (Å²) in [5, 5.41) is 24.7. The summed E-state index contributed by atoms with van der Waals surface area (Å²) in [6.07, 6.45) is -1.65. The molecule has 1 N–H and O–H groups in total. The summed E-state index contributed by atoms with van der Waals surface area (Å²) >= 11 is 1.42. The number of halogens is 3. The molecular formula is C34H25F3N6O3S. The molecule has 47 heavy (non-hydrogen) atoms. The average Bonchev–Trinajstić information content (AvgIpc) is 3.69. The summed E-state index contributed by atoms with van der Waals surface area (Å²) in [6.45, 7) is 4.06. The van der Waals surface area contributed by atoms with E-state index in [-0.39, 0.29) is 11.3 Å². The largest absolute Gasteiger partial charge is 0.573 e. The van der Waals surface area contributed by atoms with Crippen molar-refractivity contribution in [1.82, 2.24) is 19.3 Å². The van der Waals surface area contributed by atoms with Gasteiger partial charge in [0.2, 0.25) is 4.80 Å². The summed E-state index contributed by atoms with van der Waals surface area (Å²) in [4.78, 5) is 16.3. The van der Waals surface area contributed by atoms with E-state index in [0.717, 1.165) is 39.2 Å². The molecule has 6 rings (SSSR count). The fraction of sp³-hybridized carbons (Fsp3) is 0.0882. The summed E-state index contributed by atoms with van der Waals surface area (Å²) in [7, 11) is 0. The average molecular weight is 655 g/mol. The minimum atomic E-state index is -4.76. The summed E-state index contributed by atoms with van der Waals surface area (Å²) in [6, 6.07) is 25.5. The highest BCUT2D eigenvalue weighted by molar-refractivity contribution is 7.07. The molecule has 236 valence electrons. The van der Waals surface area contributed by atoms with E-state index in [4.69, 9.17) is 0 Å². The molecule has 0 atom stereocenters. The van der Waals surface area contributed by atoms with Crippen molar-refractivity contribution in [3.8, 4) is 39.8 Å². The molecule has 0 aliphatic rings. The van der Waals surface area contributed by atoms with Gasteiger partial charge in [0, 0.05) is 10.9 Å². The zero-order valence-electron chi connectivity index (χ0n) is 24.9. The van der Waals surface area contributed by atoms with E-state index in [1.807, 2.05) is 66.3 Å². The number of ether oxygens (including phenoxy) is 1. The molecule has 0 saturated heterocycles. The number of carboxylic acids is 1. The fourth-order valence-corrected chi connectivity index (χ4v) is 5.77. The molecule has 0 fully saturated rings. The van der Waals surface area contributed by atoms with Crippen LogP contribution in [0.15, 0.2) is 113 Å². The molecule has 4 aromatic carbocycles. The van der Waals surface area contributed by atoms with Crippen LogP contribution in [0.4, 0.5) is 13.2 Å². The summed E-state index contributed by atoms with van der Waals surface area (Å²) in [5.74, 6) is -0.871. The van der Waals surface area contributed by atoms with Crippen LogP contribution in [0, 0.1) is 13.8 Å². The smallest absolute Gasteiger partial charge is 0.478 e. The molecular weight excluding hydrogens is 629 g/mol. The first-order valence-electron chi connectivity index (χ1n) is 14.1. The topological polar surface area (TPSA) is 107 Å². The maximum atomic E-state index is 12.4. The Labute approximate surface area is 270 Å². The van der Waals surface area contributed by atoms with Crippen LogP contribution in [0.25, 0.3) is 34.0 Å². The quantitative estimate of drug-likeness (QED) is 0.134. The predicted molar refractivity (Wildman–Crippen MR) is 172 cm³/mol. The first kappa shape index (κ1) is 31.2. The highest BCUT2D eigenvalue weighted by Crippen LogP contribution is 2.28. The minimum Gasteiger partial charge on any atom is -0.478 e. The number of alkyl halides is 3. The van der Waals surface area contributed by atoms with Crippen LogP contribution in [-0.2, 0) is 0 Å². The number of para-hydroxylation sites is 1. The van der Waals surface area contributed by atoms with Crippen LogP contribution in [0.2, 0.25) is 0 Å². The van der Waals surface area contributed by atoms with Crippen molar-refractivity contribution in [3.63, 3.8) is 0 Å². The Morgan fingerprint density at radius 1 is 0.915 bits per heavy atom. The van der Waals surface area contributed by atoms with Gasteiger partial charge >= 0.3 is 12.3 Å². The molecule has 0 radical (unpaired) electrons. The van der Waals surface area contributed by atoms with Gasteiger partial charge in [0.15, 0.2) is 5.82 Å². The Kier molecular flexibility index (Phi) is 8.55. The van der Waals surface area contributed by atoms with Crippen LogP contribution in [0.5, 0.6) is 5.75 Å². The van der Waals surface area contributed by atoms with Crippen LogP contribution in [0.1, 0.15) is 27.0 Å². The van der Waals surface area contributed by atoms with Gasteiger partial charge in [0.1, 0.15) is 12.1 Å². The monoisotopic (exact) mass is 654 g/mol. The number of aromatic carboxylic acids is 1. The van der Waals surface area contributed by atoms with Crippen LogP contribution in [-0.4, -0.2) is 43.0 Å². The molecule has 2 aromatic heterocycles. The third-order valence-corrected chi connectivity index (χ3v) is 7.96. The Morgan fingerprint density at radius 2 is 1.57 bits per heavy atom. The lowest BCUT2D eigenvalue weighted by molar-refractivity contribution is -0.274. The maximum absolute atomic E-state index is 12.4. The van der Waals surface area contributed by atoms with Crippen molar-refractivity contribution < 1.29 is 27.8 Å². The van der Waals surface area contributed by atoms with Crippen molar-refractivity contribution in [1.29, 1.82) is 0 Å². The second-order valence-corrected chi connectivity index (χ2v) is 11.2. The van der Waals surface area contributed by atoms with Crippen LogP contribution in [0.3, 0.4) is 0 Å². The minimum absolute atomic E-state index is 0.209. The molecule has 0 saturated carbocycles. The highest BCUT2D eigenvalue weighted by atomic mass is 32.1. The van der Waals surface area contributed by atoms with Crippen molar-refractivity contribution in [2.24, 2.45) is 10.2 Å². The van der Waals surface area contributed by atoms with Gasteiger partial charge in [-0.15, -0.1) is 34.7 Å². The second-order valence-electron chi connectivity index (χ2n) is 10.4. The molecule has 0 spiro atoms. The van der Waals surface area contributed by atoms with Gasteiger partial charge in [-0.05, 0) is 72.5 Å². The predicted octanol–water partition coefficient (Wildman–Crippen LogP) is 7.60. The van der Waals surface area contributed by atoms with Crippen molar-refractivity contribution in [3.05, 3.63) is 130 Å². The lowest BCUT2D eigenvalue weighted by atomic mass is 10.1. The standard InChI is InChI=1S/C34H25F3N6O3S/c1-21-4-3-5-22(2)30(21)43-29(24-10-12-26(13-11-24)32(44)45)19-47-33(43)40-39-18-23-6-8-25(9-7-23)31-38-20-42(41-31)27-14-16-28(17-15-27)46-34(35,36)37/h3-20H,1-2H3,(H,44,45). The van der Waals surface area contributed by atoms with E-state index in [1.54, 1.807) is 30.5 Å². The number of hydrogen-bond donors (Lipinski definition) is 1. The fourth-order valence-electron chi connectivity index (χ4n) is 4.92. The molecule has 0 unspecified atom stereocenters. The van der Waals surface area contributed by atoms with E-state index in [9.17, 15) is 23.1 Å². The second kappa shape index (κ2) is 12.9. The van der Waals surface area contributed by atoms with Crippen molar-refractivity contribution >= 4 is 23.5 Å². The van der Waals surface area contributed by atoms with Gasteiger partial charge in [-0.25, -0.2) is 14.5 Å². The SMILES string of the molecule is Cc1cccc(C)c1-n1c(-c2ccc(C(=O)O)cc2)csc1=NN=Cc1ccc(-c2ncn(-c3ccc(OC(F)(F)F)cc3)n2)cc1. The Bertz CT molecular complexity index is 2130. The molecule has 0 amide bonds. The van der Waals surface area contributed by atoms with E-state index >= 15 is 0 Å². The number of carbonyl (C=O) groups is 1. The number of nitrogens with zero attached hydrogens (tertiary/aromatic N) is 6. The van der Waals surface area contributed by atoms with Crippen LogP contribution >= 0.6 is 11.3 Å². The third-order valence-electron chi connectivity index (χ3n) is 7.14. The van der Waals surface area contributed by atoms with E-state index in [2.05, 4.69) is 25.0 Å². The lowest BCUT2D eigenvalue weighted by Gasteiger charge is -2.14. The van der Waals surface area contributed by atoms with E-state index < -0.39 is 12.3 Å². The zero-order chi connectivity index (χ0) is 33.1. The maximum Gasteiger partial charge on any atom is 0.573 e. The number of thiazole rings is 1. The van der Waals surface area contributed by atoms with Gasteiger partial charge in [-0.3, -0.25) is 4.57 Å². The first-order valence-corrected chi connectivity index (χ1v) is 15.0. The van der Waals surface area contributed by atoms with Gasteiger partial charge in [-0.1, -0.05) is 54.6 Å². The first-order chi connectivity index (χ1) is 22.6. The van der Waals surface area contributed by atoms with Gasteiger partial charge in [0.05, 0.1) is 28.8 Å². The molecule has 13 heteroatoms. The normalized spacial score (nSPS) is 12.1. The van der Waals surface area contributed by atoms with Crippen molar-refractivity contribution in [2.45, 2.75) is 20.2 Å². The number of aromatic nitrogens is 4. The third kappa shape index (κ3) is 7.05. The van der Waals surface area contributed by atoms with Gasteiger partial charge in [0.25, 0.3) is 0 Å². The molecule has 0 aliphatic carbocycles. The molecule has 0 aliphatic heterocycles. The highest BCUT2D eigenvalue weighted by Gasteiger charge is 2.31. The van der Waals surface area contributed by atoms with E-state index in [0.29, 0.717) is 16.3 Å². The lowest BCUT2D eigenvalue weighted by Crippen LogP contribution is -2.17. The molecule has 9 nitrogen and oxygen atoms in total. The number of carboxylic acid groups (broad SMARTS) is 1. The Morgan fingerprint density at radius 3 is 2.21 bits per heavy atom. The number of rotatable bonds is 8. The Hall–Kier alpha value is -5.82. The summed E-state index contributed by atoms with van der Waals surface area (Å²) in [5.41, 5.74) is 7.04. The molecule has 2 heterocycles. The zero-order valence-corrected chi connectivity index (χ0v) is 25.7. The molecule has 0 bridgehead atoms. The van der Waals surface area contributed by atoms with Crippen molar-refractivity contribution in [2.75, 3.05) is 0 Å². The van der Waals surface area contributed by atoms with Crippen LogP contribution < -0.4 is 9.54 Å². The number of hydrogen-bond acceptors (Lipinski definition) is 7. The van der Waals surface area contributed by atoms with Gasteiger partial charge < -0.3 is 9.84 Å². The molecule has 6 aromatic rings. The van der Waals surface area contributed by atoms with Gasteiger partial charge in [-0.2, -0.15) is 5.10 Å². The Balaban J connectivity index is 1.24. The summed E-state index contributed by atoms with van der Waals surface area (Å²) < 4.78 is 44.8. The number of aryl methyl sites for hydroxylation is 2. The van der Waals surface area contributed by atoms with E-state index in [1.165, 1.54) is 46.6 Å².